The molecule has 0 N–H and O–H groups in total. The Morgan fingerprint density at radius 3 is 2.00 bits per heavy atom. The number of ketones is 1. The molecule has 0 aliphatic heterocycles. The molecule has 1 aromatic heterocycles. The Morgan fingerprint density at radius 1 is 0.946 bits per heavy atom. The van der Waals surface area contributed by atoms with Crippen molar-refractivity contribution in [1.29, 1.82) is 5.26 Å². The molecule has 0 unspecified atom stereocenters. The zero-order valence-corrected chi connectivity index (χ0v) is 20.4. The highest BCUT2D eigenvalue weighted by Crippen LogP contribution is 2.26. The van der Waals surface area contributed by atoms with Crippen LogP contribution < -0.4 is 4.74 Å². The molecule has 0 saturated heterocycles. The fourth-order valence-corrected chi connectivity index (χ4v) is 3.81. The first-order valence-electron chi connectivity index (χ1n) is 10.8. The number of allylic oxidation sites excluding steroid dienone is 1. The molecule has 0 saturated carbocycles. The quantitative estimate of drug-likeness (QED) is 0.181. The first-order valence-corrected chi connectivity index (χ1v) is 10.8. The van der Waals surface area contributed by atoms with Gasteiger partial charge in [-0.25, -0.2) is 9.59 Å². The molecule has 3 aromatic rings. The topological polar surface area (TPSA) is 108 Å². The molecule has 0 aliphatic rings. The summed E-state index contributed by atoms with van der Waals surface area (Å²) in [6.07, 6.45) is 1.34. The molecule has 1 heterocycles. The predicted octanol–water partition coefficient (Wildman–Crippen LogP) is 5.06. The molecule has 190 valence electrons. The van der Waals surface area contributed by atoms with E-state index in [4.69, 9.17) is 9.47 Å². The summed E-state index contributed by atoms with van der Waals surface area (Å²) in [5.41, 5.74) is 2.18. The van der Waals surface area contributed by atoms with Crippen molar-refractivity contribution in [2.75, 3.05) is 14.2 Å². The highest BCUT2D eigenvalue weighted by Gasteiger charge is 2.22. The summed E-state index contributed by atoms with van der Waals surface area (Å²) in [7, 11) is 2.43. The van der Waals surface area contributed by atoms with E-state index in [2.05, 4.69) is 4.74 Å². The molecule has 0 aliphatic carbocycles. The number of carbonyl (C=O) groups excluding carboxylic acids is 3. The number of rotatable bonds is 8. The largest absolute Gasteiger partial charge is 0.465 e. The van der Waals surface area contributed by atoms with Gasteiger partial charge in [0.05, 0.1) is 25.3 Å². The van der Waals surface area contributed by atoms with Crippen molar-refractivity contribution in [3.05, 3.63) is 87.7 Å². The molecule has 0 atom stereocenters. The van der Waals surface area contributed by atoms with E-state index in [0.29, 0.717) is 22.6 Å². The van der Waals surface area contributed by atoms with Crippen LogP contribution in [0.1, 0.15) is 48.0 Å². The van der Waals surface area contributed by atoms with Gasteiger partial charge in [0.2, 0.25) is 5.78 Å². The molecular weight excluding hydrogens is 486 g/mol. The van der Waals surface area contributed by atoms with E-state index in [9.17, 15) is 28.4 Å². The fraction of sp³-hybridized carbons (Fsp3) is 0.185. The van der Waals surface area contributed by atoms with Crippen LogP contribution in [0.3, 0.4) is 0 Å². The molecule has 0 bridgehead atoms. The Morgan fingerprint density at radius 2 is 1.51 bits per heavy atom. The molecule has 0 amide bonds. The minimum absolute atomic E-state index is 0.0546. The first-order chi connectivity index (χ1) is 17.6. The normalized spacial score (nSPS) is 11.1. The monoisotopic (exact) mass is 508 g/mol. The Labute approximate surface area is 211 Å². The van der Waals surface area contributed by atoms with Crippen molar-refractivity contribution < 1.29 is 37.4 Å². The number of ether oxygens (including phenoxy) is 3. The Kier molecular flexibility index (Phi) is 8.19. The summed E-state index contributed by atoms with van der Waals surface area (Å²) >= 11 is 0. The lowest BCUT2D eigenvalue weighted by atomic mass is 10.0. The van der Waals surface area contributed by atoms with Crippen LogP contribution >= 0.6 is 0 Å². The number of hydrogen-bond acceptors (Lipinski definition) is 7. The van der Waals surface area contributed by atoms with Crippen molar-refractivity contribution >= 4 is 23.8 Å². The second kappa shape index (κ2) is 11.3. The zero-order chi connectivity index (χ0) is 27.3. The van der Waals surface area contributed by atoms with Gasteiger partial charge in [-0.15, -0.1) is 0 Å². The molecule has 0 spiro atoms. The number of benzene rings is 2. The predicted molar refractivity (Wildman–Crippen MR) is 129 cm³/mol. The van der Waals surface area contributed by atoms with Gasteiger partial charge in [-0.2, -0.15) is 14.0 Å². The lowest BCUT2D eigenvalue weighted by Crippen LogP contribution is -2.10. The zero-order valence-electron chi connectivity index (χ0n) is 20.4. The summed E-state index contributed by atoms with van der Waals surface area (Å²) in [4.78, 5) is 37.7. The van der Waals surface area contributed by atoms with Crippen LogP contribution in [0.15, 0.2) is 54.1 Å². The van der Waals surface area contributed by atoms with Crippen molar-refractivity contribution in [1.82, 2.24) is 4.57 Å². The highest BCUT2D eigenvalue weighted by molar-refractivity contribution is 6.15. The number of methoxy groups -OCH3 is 2. The minimum atomic E-state index is -2.97. The van der Waals surface area contributed by atoms with E-state index >= 15 is 0 Å². The van der Waals surface area contributed by atoms with Crippen molar-refractivity contribution in [2.45, 2.75) is 20.5 Å². The molecular formula is C27H22F2N2O6. The molecule has 0 radical (unpaired) electrons. The summed E-state index contributed by atoms with van der Waals surface area (Å²) in [6, 6.07) is 13.3. The average molecular weight is 508 g/mol. The standard InChI is InChI=1S/C27H22F2N2O6/c1-15-9-23(24(32)20(14-30)10-17-5-7-22(8-6-17)37-27(28)29)16(2)31(15)21-12-18(25(33)35-3)11-19(13-21)26(34)36-4/h5-13,27H,1-4H3. The summed E-state index contributed by atoms with van der Waals surface area (Å²) in [6.45, 7) is 0.419. The SMILES string of the molecule is COC(=O)c1cc(C(=O)OC)cc(-n2c(C)cc(C(=O)C(C#N)=Cc3ccc(OC(F)F)cc3)c2C)c1. The second-order valence-electron chi connectivity index (χ2n) is 7.82. The lowest BCUT2D eigenvalue weighted by Gasteiger charge is -2.13. The maximum Gasteiger partial charge on any atom is 0.387 e. The van der Waals surface area contributed by atoms with Gasteiger partial charge in [0.25, 0.3) is 0 Å². The van der Waals surface area contributed by atoms with Gasteiger partial charge < -0.3 is 18.8 Å². The number of aromatic nitrogens is 1. The van der Waals surface area contributed by atoms with Crippen molar-refractivity contribution in [3.63, 3.8) is 0 Å². The third-order valence-electron chi connectivity index (χ3n) is 5.48. The van der Waals surface area contributed by atoms with Gasteiger partial charge in [-0.1, -0.05) is 12.1 Å². The Bertz CT molecular complexity index is 1400. The smallest absolute Gasteiger partial charge is 0.387 e. The third-order valence-corrected chi connectivity index (χ3v) is 5.48. The maximum absolute atomic E-state index is 13.3. The van der Waals surface area contributed by atoms with Crippen LogP contribution in [-0.2, 0) is 9.47 Å². The highest BCUT2D eigenvalue weighted by atomic mass is 19.3. The van der Waals surface area contributed by atoms with Crippen LogP contribution in [0.5, 0.6) is 5.75 Å². The van der Waals surface area contributed by atoms with Crippen LogP contribution in [0.4, 0.5) is 8.78 Å². The van der Waals surface area contributed by atoms with E-state index in [1.165, 1.54) is 62.8 Å². The van der Waals surface area contributed by atoms with Gasteiger partial charge in [0.15, 0.2) is 0 Å². The number of esters is 2. The van der Waals surface area contributed by atoms with Gasteiger partial charge in [-0.05, 0) is 61.9 Å². The molecule has 0 fully saturated rings. The Balaban J connectivity index is 2.04. The van der Waals surface area contributed by atoms with E-state index in [1.807, 2.05) is 6.07 Å². The van der Waals surface area contributed by atoms with E-state index in [-0.39, 0.29) is 28.0 Å². The number of halogens is 2. The number of hydrogen-bond donors (Lipinski definition) is 0. The third kappa shape index (κ3) is 5.90. The van der Waals surface area contributed by atoms with Gasteiger partial charge >= 0.3 is 18.6 Å². The molecule has 3 rings (SSSR count). The lowest BCUT2D eigenvalue weighted by molar-refractivity contribution is -0.0498. The summed E-state index contributed by atoms with van der Waals surface area (Å²) in [5, 5.41) is 9.65. The molecule has 2 aromatic carbocycles. The number of Topliss-reactive ketones (excluding diaryl/α,β-unsaturated/α-hetero) is 1. The van der Waals surface area contributed by atoms with Crippen LogP contribution in [-0.4, -0.2) is 43.1 Å². The number of alkyl halides is 2. The van der Waals surface area contributed by atoms with Crippen LogP contribution in [0, 0.1) is 25.2 Å². The summed E-state index contributed by atoms with van der Waals surface area (Å²) in [5.74, 6) is -1.94. The average Bonchev–Trinajstić information content (AvgIpc) is 3.19. The number of aryl methyl sites for hydroxylation is 1. The fourth-order valence-electron chi connectivity index (χ4n) is 3.81. The molecule has 8 nitrogen and oxygen atoms in total. The second-order valence-corrected chi connectivity index (χ2v) is 7.82. The van der Waals surface area contributed by atoms with E-state index in [1.54, 1.807) is 24.5 Å². The summed E-state index contributed by atoms with van der Waals surface area (Å²) < 4.78 is 40.3. The van der Waals surface area contributed by atoms with E-state index in [0.717, 1.165) is 0 Å². The van der Waals surface area contributed by atoms with Gasteiger partial charge in [0.1, 0.15) is 17.4 Å². The van der Waals surface area contributed by atoms with Crippen LogP contribution in [0.25, 0.3) is 11.8 Å². The number of nitriles is 1. The number of carbonyl (C=O) groups is 3. The Hall–Kier alpha value is -4.78. The van der Waals surface area contributed by atoms with Crippen LogP contribution in [0.2, 0.25) is 0 Å². The van der Waals surface area contributed by atoms with Crippen molar-refractivity contribution in [3.8, 4) is 17.5 Å². The number of nitrogens with zero attached hydrogens (tertiary/aromatic N) is 2. The molecule has 37 heavy (non-hydrogen) atoms. The minimum Gasteiger partial charge on any atom is -0.465 e. The first kappa shape index (κ1) is 26.8. The van der Waals surface area contributed by atoms with Gasteiger partial charge in [0, 0.05) is 22.6 Å². The van der Waals surface area contributed by atoms with Gasteiger partial charge in [-0.3, -0.25) is 4.79 Å². The van der Waals surface area contributed by atoms with E-state index < -0.39 is 24.3 Å². The maximum atomic E-state index is 13.3. The van der Waals surface area contributed by atoms with Crippen molar-refractivity contribution in [2.24, 2.45) is 0 Å². The molecule has 10 heteroatoms.